The molecule has 268 valence electrons. The molecular weight excluding hydrogens is 685 g/mol. The van der Waals surface area contributed by atoms with Crippen molar-refractivity contribution in [3.63, 3.8) is 0 Å². The lowest BCUT2D eigenvalue weighted by atomic mass is 9.86. The zero-order chi connectivity index (χ0) is 36.4. The smallest absolute Gasteiger partial charge is 0.263 e. The molecule has 0 bridgehead atoms. The highest BCUT2D eigenvalue weighted by atomic mass is 32.2. The standard InChI is InChI=1S/C41H46N8OS2/c1-24-18-29(10-11-30(24)21-44-39(50)35-22-45-40(52-35)41(3,4)5)36-32-20-34(49-38(32)47-23-46-36)27-8-6-26(7-9-27)12-15-43-37-31(25(2)42)19-33(48-37)28-13-16-51-17-14-28/h8,10-11,13,15,18-20,22-23,26,42,48H,6-7,9,12,14,16-17,21H2,1-5H3,(H,44,50)(H,46,47,49)/b42-25?,43-15+. The highest BCUT2D eigenvalue weighted by Crippen LogP contribution is 2.35. The van der Waals surface area contributed by atoms with Gasteiger partial charge in [-0.1, -0.05) is 45.1 Å². The van der Waals surface area contributed by atoms with E-state index in [9.17, 15) is 4.79 Å². The average Bonchev–Trinajstić information content (AvgIpc) is 3.91. The van der Waals surface area contributed by atoms with Gasteiger partial charge in [-0.3, -0.25) is 4.79 Å². The average molecular weight is 731 g/mol. The molecule has 11 heteroatoms. The molecule has 0 saturated heterocycles. The number of hydrogen-bond acceptors (Lipinski definition) is 8. The van der Waals surface area contributed by atoms with E-state index in [2.05, 4.69) is 95.4 Å². The molecule has 1 aliphatic heterocycles. The van der Waals surface area contributed by atoms with E-state index in [0.29, 0.717) is 23.1 Å². The van der Waals surface area contributed by atoms with Gasteiger partial charge in [0.05, 0.1) is 16.9 Å². The zero-order valence-electron chi connectivity index (χ0n) is 30.5. The number of aromatic nitrogens is 5. The molecule has 4 aromatic heterocycles. The molecule has 7 rings (SSSR count). The van der Waals surface area contributed by atoms with Crippen LogP contribution in [-0.4, -0.2) is 54.3 Å². The number of allylic oxidation sites excluding steroid dienone is 3. The van der Waals surface area contributed by atoms with Gasteiger partial charge in [-0.25, -0.2) is 19.9 Å². The number of aryl methyl sites for hydroxylation is 1. The van der Waals surface area contributed by atoms with Crippen molar-refractivity contribution in [3.05, 3.63) is 93.0 Å². The summed E-state index contributed by atoms with van der Waals surface area (Å²) >= 11 is 3.41. The zero-order valence-corrected chi connectivity index (χ0v) is 32.2. The minimum atomic E-state index is -0.101. The molecule has 5 heterocycles. The van der Waals surface area contributed by atoms with E-state index in [-0.39, 0.29) is 11.3 Å². The van der Waals surface area contributed by atoms with Crippen LogP contribution in [0.15, 0.2) is 60.0 Å². The van der Waals surface area contributed by atoms with Crippen molar-refractivity contribution >= 4 is 68.9 Å². The first-order valence-electron chi connectivity index (χ1n) is 18.0. The number of hydrogen-bond donors (Lipinski definition) is 4. The van der Waals surface area contributed by atoms with Crippen LogP contribution < -0.4 is 5.32 Å². The first-order chi connectivity index (χ1) is 25.0. The molecule has 1 atom stereocenters. The summed E-state index contributed by atoms with van der Waals surface area (Å²) in [5, 5.41) is 13.3. The fourth-order valence-electron chi connectivity index (χ4n) is 6.79. The predicted molar refractivity (Wildman–Crippen MR) is 217 cm³/mol. The maximum absolute atomic E-state index is 12.9. The molecule has 0 radical (unpaired) electrons. The molecule has 0 spiro atoms. The fourth-order valence-corrected chi connectivity index (χ4v) is 8.53. The first kappa shape index (κ1) is 35.8. The van der Waals surface area contributed by atoms with Gasteiger partial charge in [0.15, 0.2) is 0 Å². The van der Waals surface area contributed by atoms with Crippen LogP contribution >= 0.6 is 23.1 Å². The highest BCUT2D eigenvalue weighted by molar-refractivity contribution is 7.99. The number of benzene rings is 1. The third-order valence-electron chi connectivity index (χ3n) is 9.89. The number of fused-ring (bicyclic) bond motifs is 1. The molecule has 1 aliphatic carbocycles. The van der Waals surface area contributed by atoms with Crippen LogP contribution in [0.5, 0.6) is 0 Å². The van der Waals surface area contributed by atoms with Gasteiger partial charge in [-0.15, -0.1) is 11.3 Å². The van der Waals surface area contributed by atoms with E-state index in [1.807, 2.05) is 24.9 Å². The topological polar surface area (TPSA) is 136 Å². The molecule has 0 saturated carbocycles. The normalized spacial score (nSPS) is 16.7. The van der Waals surface area contributed by atoms with Crippen molar-refractivity contribution in [2.75, 3.05) is 11.5 Å². The number of aromatic amines is 2. The summed E-state index contributed by atoms with van der Waals surface area (Å²) in [6.45, 7) is 10.6. The van der Waals surface area contributed by atoms with Gasteiger partial charge < -0.3 is 20.7 Å². The Labute approximate surface area is 313 Å². The fraction of sp³-hybridized carbons (Fsp3) is 0.366. The van der Waals surface area contributed by atoms with Crippen LogP contribution in [0.25, 0.3) is 33.4 Å². The Bertz CT molecular complexity index is 2230. The van der Waals surface area contributed by atoms with E-state index < -0.39 is 0 Å². The minimum Gasteiger partial charge on any atom is -0.347 e. The second kappa shape index (κ2) is 15.2. The van der Waals surface area contributed by atoms with Crippen molar-refractivity contribution in [2.24, 2.45) is 10.9 Å². The van der Waals surface area contributed by atoms with Gasteiger partial charge in [0.25, 0.3) is 5.91 Å². The summed E-state index contributed by atoms with van der Waals surface area (Å²) in [4.78, 5) is 39.1. The summed E-state index contributed by atoms with van der Waals surface area (Å²) in [7, 11) is 0. The lowest BCUT2D eigenvalue weighted by Gasteiger charge is -2.20. The van der Waals surface area contributed by atoms with Crippen molar-refractivity contribution in [3.8, 4) is 11.3 Å². The second-order valence-electron chi connectivity index (χ2n) is 14.8. The Morgan fingerprint density at radius 2 is 1.90 bits per heavy atom. The third kappa shape index (κ3) is 7.90. The van der Waals surface area contributed by atoms with E-state index in [1.54, 1.807) is 12.5 Å². The number of nitrogens with one attached hydrogen (secondary N) is 4. The van der Waals surface area contributed by atoms with Crippen molar-refractivity contribution in [1.82, 2.24) is 30.2 Å². The number of thioether (sulfide) groups is 1. The number of nitrogens with zero attached hydrogens (tertiary/aromatic N) is 4. The van der Waals surface area contributed by atoms with Crippen LogP contribution in [0, 0.1) is 18.3 Å². The summed E-state index contributed by atoms with van der Waals surface area (Å²) < 4.78 is 0. The first-order valence-corrected chi connectivity index (χ1v) is 20.0. The van der Waals surface area contributed by atoms with Crippen LogP contribution in [0.3, 0.4) is 0 Å². The quantitative estimate of drug-likeness (QED) is 0.106. The Morgan fingerprint density at radius 1 is 1.08 bits per heavy atom. The third-order valence-corrected chi connectivity index (χ3v) is 12.2. The van der Waals surface area contributed by atoms with Gasteiger partial charge in [0, 0.05) is 57.5 Å². The second-order valence-corrected chi connectivity index (χ2v) is 17.0. The van der Waals surface area contributed by atoms with E-state index in [0.717, 1.165) is 105 Å². The molecule has 5 aromatic rings. The van der Waals surface area contributed by atoms with Crippen molar-refractivity contribution < 1.29 is 4.79 Å². The largest absolute Gasteiger partial charge is 0.347 e. The number of H-pyrrole nitrogens is 2. The van der Waals surface area contributed by atoms with Crippen molar-refractivity contribution in [2.45, 2.75) is 78.7 Å². The van der Waals surface area contributed by atoms with E-state index >= 15 is 0 Å². The van der Waals surface area contributed by atoms with Crippen LogP contribution in [0.4, 0.5) is 5.82 Å². The highest BCUT2D eigenvalue weighted by Gasteiger charge is 2.21. The monoisotopic (exact) mass is 730 g/mol. The maximum atomic E-state index is 12.9. The lowest BCUT2D eigenvalue weighted by molar-refractivity contribution is 0.0954. The number of carbonyl (C=O) groups excluding carboxylic acids is 1. The Kier molecular flexibility index (Phi) is 10.4. The van der Waals surface area contributed by atoms with Gasteiger partial charge in [0.2, 0.25) is 0 Å². The molecule has 2 aliphatic rings. The Hall–Kier alpha value is -4.61. The Morgan fingerprint density at radius 3 is 2.62 bits per heavy atom. The predicted octanol–water partition coefficient (Wildman–Crippen LogP) is 9.83. The summed E-state index contributed by atoms with van der Waals surface area (Å²) in [6.07, 6.45) is 15.0. The van der Waals surface area contributed by atoms with E-state index in [4.69, 9.17) is 15.4 Å². The van der Waals surface area contributed by atoms with Crippen molar-refractivity contribution in [1.29, 1.82) is 5.41 Å². The summed E-state index contributed by atoms with van der Waals surface area (Å²) in [5.41, 5.74) is 11.1. The van der Waals surface area contributed by atoms with Gasteiger partial charge >= 0.3 is 0 Å². The SMILES string of the molecule is CC(=N)c1cc(C2=CCSCC2)[nH]c1/N=C/CC1CC=C(c2cc3c(-c4ccc(CNC(=O)c5cnc(C(C)(C)C)s5)c(C)c4)ncnc3[nH]2)CC1. The molecule has 0 fully saturated rings. The lowest BCUT2D eigenvalue weighted by Crippen LogP contribution is -2.22. The molecule has 1 unspecified atom stereocenters. The van der Waals surface area contributed by atoms with Crippen LogP contribution in [0.1, 0.15) is 103 Å². The minimum absolute atomic E-state index is 0.0816. The molecule has 52 heavy (non-hydrogen) atoms. The van der Waals surface area contributed by atoms with Crippen LogP contribution in [-0.2, 0) is 12.0 Å². The molecule has 9 nitrogen and oxygen atoms in total. The van der Waals surface area contributed by atoms with Gasteiger partial charge in [-0.05, 0) is 98.1 Å². The summed E-state index contributed by atoms with van der Waals surface area (Å²) in [6, 6.07) is 10.6. The van der Waals surface area contributed by atoms with E-state index in [1.165, 1.54) is 22.5 Å². The maximum Gasteiger partial charge on any atom is 0.263 e. The number of aliphatic imine (C=N–C) groups is 1. The van der Waals surface area contributed by atoms with Gasteiger partial charge in [-0.2, -0.15) is 11.8 Å². The number of thiazole rings is 1. The number of rotatable bonds is 10. The Balaban J connectivity index is 0.995. The molecule has 1 amide bonds. The number of amides is 1. The summed E-state index contributed by atoms with van der Waals surface area (Å²) in [5.74, 6) is 3.40. The van der Waals surface area contributed by atoms with Crippen LogP contribution in [0.2, 0.25) is 0 Å². The van der Waals surface area contributed by atoms with Gasteiger partial charge in [0.1, 0.15) is 22.7 Å². The molecule has 1 aromatic carbocycles. The molecule has 4 N–H and O–H groups in total. The number of carbonyl (C=O) groups is 1. The molecular formula is C41H46N8OS2.